The summed E-state index contributed by atoms with van der Waals surface area (Å²) in [5, 5.41) is 3.61. The van der Waals surface area contributed by atoms with Gasteiger partial charge in [0.05, 0.1) is 0 Å². The molecule has 0 spiro atoms. The maximum Gasteiger partial charge on any atom is 0.586 e. The highest BCUT2D eigenvalue weighted by molar-refractivity contribution is 6.65. The van der Waals surface area contributed by atoms with Crippen molar-refractivity contribution in [3.8, 4) is 11.5 Å². The molecule has 1 aliphatic rings. The molecule has 6 nitrogen and oxygen atoms in total. The number of carbonyl (C=O) groups excluding carboxylic acids is 2. The van der Waals surface area contributed by atoms with Crippen LogP contribution in [0.2, 0.25) is 0 Å². The molecule has 106 valence electrons. The molecule has 0 saturated heterocycles. The highest BCUT2D eigenvalue weighted by atomic mass is 19.3. The Kier molecular flexibility index (Phi) is 3.39. The minimum Gasteiger partial charge on any atom is -0.395 e. The predicted octanol–water partition coefficient (Wildman–Crippen LogP) is 1.95. The lowest BCUT2D eigenvalue weighted by Crippen LogP contribution is -2.26. The van der Waals surface area contributed by atoms with E-state index in [4.69, 9.17) is 0 Å². The predicted molar refractivity (Wildman–Crippen MR) is 65.1 cm³/mol. The van der Waals surface area contributed by atoms with Crippen molar-refractivity contribution in [2.45, 2.75) is 20.1 Å². The number of anilines is 1. The average molecular weight is 284 g/mol. The first kappa shape index (κ1) is 13.9. The molecule has 0 saturated carbocycles. The number of fused-ring (bicyclic) bond motifs is 1. The number of hydrazone groups is 1. The van der Waals surface area contributed by atoms with Crippen LogP contribution in [-0.2, 0) is 9.59 Å². The van der Waals surface area contributed by atoms with Crippen molar-refractivity contribution in [3.63, 3.8) is 0 Å². The highest BCUT2D eigenvalue weighted by Gasteiger charge is 2.44. The molecule has 1 aromatic carbocycles. The van der Waals surface area contributed by atoms with Crippen LogP contribution < -0.4 is 14.9 Å². The minimum absolute atomic E-state index is 0.0553. The molecular formula is C12H10F2N2O4. The van der Waals surface area contributed by atoms with Gasteiger partial charge in [0.1, 0.15) is 5.69 Å². The number of benzene rings is 1. The highest BCUT2D eigenvalue weighted by Crippen LogP contribution is 2.45. The fraction of sp³-hybridized carbons (Fsp3) is 0.250. The maximum atomic E-state index is 13.0. The largest absolute Gasteiger partial charge is 0.586 e. The molecule has 1 aromatic rings. The topological polar surface area (TPSA) is 77.0 Å². The first-order valence-corrected chi connectivity index (χ1v) is 5.54. The lowest BCUT2D eigenvalue weighted by molar-refractivity contribution is -0.286. The van der Waals surface area contributed by atoms with Crippen molar-refractivity contribution in [2.24, 2.45) is 5.10 Å². The van der Waals surface area contributed by atoms with E-state index in [1.165, 1.54) is 32.0 Å². The van der Waals surface area contributed by atoms with Crippen LogP contribution in [0.1, 0.15) is 13.8 Å². The summed E-state index contributed by atoms with van der Waals surface area (Å²) in [6.45, 7) is 2.34. The van der Waals surface area contributed by atoms with Gasteiger partial charge in [0.25, 0.3) is 0 Å². The van der Waals surface area contributed by atoms with Crippen LogP contribution in [0.15, 0.2) is 23.3 Å². The van der Waals surface area contributed by atoms with Crippen LogP contribution in [0.25, 0.3) is 0 Å². The van der Waals surface area contributed by atoms with Gasteiger partial charge in [-0.3, -0.25) is 15.0 Å². The van der Waals surface area contributed by atoms with Gasteiger partial charge in [-0.15, -0.1) is 8.78 Å². The van der Waals surface area contributed by atoms with Gasteiger partial charge >= 0.3 is 6.29 Å². The molecule has 1 heterocycles. The van der Waals surface area contributed by atoms with E-state index in [0.717, 1.165) is 0 Å². The van der Waals surface area contributed by atoms with Gasteiger partial charge in [0, 0.05) is 13.8 Å². The Balaban J connectivity index is 2.29. The van der Waals surface area contributed by atoms with E-state index in [1.807, 2.05) is 0 Å². The van der Waals surface area contributed by atoms with Crippen LogP contribution in [0, 0.1) is 0 Å². The Labute approximate surface area is 112 Å². The number of Topliss-reactive ketones (excluding diaryl/α,β-unsaturated/α-hetero) is 2. The van der Waals surface area contributed by atoms with Crippen LogP contribution in [0.4, 0.5) is 14.5 Å². The number of rotatable bonds is 4. The summed E-state index contributed by atoms with van der Waals surface area (Å²) in [6.07, 6.45) is -3.76. The van der Waals surface area contributed by atoms with Gasteiger partial charge in [0.15, 0.2) is 28.8 Å². The SMILES string of the molecule is CC(=O)C(=NNc1cccc2c1OC(F)(F)O2)C(C)=O. The lowest BCUT2D eigenvalue weighted by Gasteiger charge is -2.07. The molecule has 1 N–H and O–H groups in total. The number of ether oxygens (including phenoxy) is 2. The number of carbonyl (C=O) groups is 2. The third kappa shape index (κ3) is 2.73. The van der Waals surface area contributed by atoms with E-state index in [2.05, 4.69) is 20.0 Å². The van der Waals surface area contributed by atoms with Gasteiger partial charge in [-0.1, -0.05) is 6.07 Å². The number of ketones is 2. The number of para-hydroxylation sites is 1. The van der Waals surface area contributed by atoms with Crippen LogP contribution in [0.5, 0.6) is 11.5 Å². The van der Waals surface area contributed by atoms with Gasteiger partial charge < -0.3 is 9.47 Å². The molecule has 0 radical (unpaired) electrons. The van der Waals surface area contributed by atoms with E-state index in [-0.39, 0.29) is 22.9 Å². The first-order valence-electron chi connectivity index (χ1n) is 5.54. The van der Waals surface area contributed by atoms with Crippen molar-refractivity contribution in [3.05, 3.63) is 18.2 Å². The Hall–Kier alpha value is -2.51. The maximum absolute atomic E-state index is 13.0. The molecule has 1 aliphatic heterocycles. The molecule has 0 unspecified atom stereocenters. The Morgan fingerprint density at radius 1 is 1.20 bits per heavy atom. The molecule has 0 atom stereocenters. The van der Waals surface area contributed by atoms with Crippen LogP contribution in [-0.4, -0.2) is 23.6 Å². The zero-order valence-corrected chi connectivity index (χ0v) is 10.6. The number of hydrogen-bond donors (Lipinski definition) is 1. The van der Waals surface area contributed by atoms with Crippen molar-refractivity contribution < 1.29 is 27.8 Å². The smallest absolute Gasteiger partial charge is 0.395 e. The summed E-state index contributed by atoms with van der Waals surface area (Å²) >= 11 is 0. The van der Waals surface area contributed by atoms with Crippen molar-refractivity contribution in [1.29, 1.82) is 0 Å². The van der Waals surface area contributed by atoms with E-state index in [1.54, 1.807) is 0 Å². The summed E-state index contributed by atoms with van der Waals surface area (Å²) in [4.78, 5) is 22.4. The molecular weight excluding hydrogens is 274 g/mol. The Bertz CT molecular complexity index is 597. The van der Waals surface area contributed by atoms with Crippen LogP contribution in [0.3, 0.4) is 0 Å². The van der Waals surface area contributed by atoms with Gasteiger partial charge in [-0.2, -0.15) is 5.10 Å². The lowest BCUT2D eigenvalue weighted by atomic mass is 10.2. The summed E-state index contributed by atoms with van der Waals surface area (Å²) in [6, 6.07) is 4.12. The van der Waals surface area contributed by atoms with Gasteiger partial charge in [0.2, 0.25) is 0 Å². The Morgan fingerprint density at radius 3 is 2.45 bits per heavy atom. The standard InChI is InChI=1S/C12H10F2N2O4/c1-6(17)10(7(2)18)16-15-8-4-3-5-9-11(8)20-12(13,14)19-9/h3-5,15H,1-2H3. The summed E-state index contributed by atoms with van der Waals surface area (Å²) in [5.74, 6) is -1.49. The quantitative estimate of drug-likeness (QED) is 0.519. The van der Waals surface area contributed by atoms with Crippen molar-refractivity contribution in [1.82, 2.24) is 0 Å². The first-order chi connectivity index (χ1) is 9.30. The average Bonchev–Trinajstić information content (AvgIpc) is 2.63. The number of alkyl halides is 2. The molecule has 2 rings (SSSR count). The molecule has 0 bridgehead atoms. The number of nitrogens with one attached hydrogen (secondary N) is 1. The van der Waals surface area contributed by atoms with Crippen molar-refractivity contribution >= 4 is 23.0 Å². The van der Waals surface area contributed by atoms with Crippen molar-refractivity contribution in [2.75, 3.05) is 5.43 Å². The summed E-state index contributed by atoms with van der Waals surface area (Å²) in [7, 11) is 0. The van der Waals surface area contributed by atoms with Gasteiger partial charge in [-0.05, 0) is 12.1 Å². The second-order valence-electron chi connectivity index (χ2n) is 3.98. The third-order valence-corrected chi connectivity index (χ3v) is 2.38. The zero-order valence-electron chi connectivity index (χ0n) is 10.6. The molecule has 20 heavy (non-hydrogen) atoms. The third-order valence-electron chi connectivity index (χ3n) is 2.38. The Morgan fingerprint density at radius 2 is 1.85 bits per heavy atom. The molecule has 0 amide bonds. The van der Waals surface area contributed by atoms with Gasteiger partial charge in [-0.25, -0.2) is 0 Å². The second-order valence-corrected chi connectivity index (χ2v) is 3.98. The fourth-order valence-corrected chi connectivity index (χ4v) is 1.58. The van der Waals surface area contributed by atoms with E-state index < -0.39 is 17.9 Å². The second kappa shape index (κ2) is 4.87. The molecule has 8 heteroatoms. The monoisotopic (exact) mass is 284 g/mol. The normalized spacial score (nSPS) is 14.6. The van der Waals surface area contributed by atoms with E-state index >= 15 is 0 Å². The zero-order chi connectivity index (χ0) is 14.9. The molecule has 0 fully saturated rings. The minimum atomic E-state index is -3.76. The molecule has 0 aromatic heterocycles. The van der Waals surface area contributed by atoms with Crippen LogP contribution >= 0.6 is 0 Å². The fourth-order valence-electron chi connectivity index (χ4n) is 1.58. The van der Waals surface area contributed by atoms with E-state index in [9.17, 15) is 18.4 Å². The van der Waals surface area contributed by atoms with E-state index in [0.29, 0.717) is 0 Å². The number of halogens is 2. The molecule has 0 aliphatic carbocycles. The number of hydrogen-bond acceptors (Lipinski definition) is 6. The summed E-state index contributed by atoms with van der Waals surface area (Å²) in [5.41, 5.74) is 2.08. The number of nitrogens with zero attached hydrogens (tertiary/aromatic N) is 1. The summed E-state index contributed by atoms with van der Waals surface area (Å²) < 4.78 is 34.5.